The van der Waals surface area contributed by atoms with Gasteiger partial charge in [0.2, 0.25) is 0 Å². The second kappa shape index (κ2) is 16.1. The van der Waals surface area contributed by atoms with Crippen LogP contribution in [0.5, 0.6) is 17.2 Å². The fourth-order valence-electron chi connectivity index (χ4n) is 3.69. The molecule has 0 saturated carbocycles. The number of benzene rings is 2. The zero-order valence-electron chi connectivity index (χ0n) is 20.3. The number of aliphatic hydroxyl groups is 1. The third-order valence-electron chi connectivity index (χ3n) is 5.51. The van der Waals surface area contributed by atoms with E-state index in [0.717, 1.165) is 24.2 Å². The van der Waals surface area contributed by atoms with Gasteiger partial charge in [-0.05, 0) is 49.9 Å². The Morgan fingerprint density at radius 1 is 0.848 bits per heavy atom. The number of unbranched alkanes of at least 4 members (excludes halogenated alkanes) is 7. The highest BCUT2D eigenvalue weighted by Gasteiger charge is 2.15. The maximum Gasteiger partial charge on any atom is 0.341 e. The molecular formula is C28H40O5. The minimum Gasteiger partial charge on any atom is -0.493 e. The number of hydrogen-bond acceptors (Lipinski definition) is 5. The van der Waals surface area contributed by atoms with Crippen LogP contribution in [0.4, 0.5) is 0 Å². The summed E-state index contributed by atoms with van der Waals surface area (Å²) in [6, 6.07) is 12.8. The predicted molar refractivity (Wildman–Crippen MR) is 132 cm³/mol. The van der Waals surface area contributed by atoms with E-state index in [1.54, 1.807) is 25.1 Å². The lowest BCUT2D eigenvalue weighted by Gasteiger charge is -2.15. The molecule has 0 saturated heterocycles. The Kier molecular flexibility index (Phi) is 13.1. The standard InChI is InChI=1S/C28H40O5/c1-3-5-6-7-8-9-10-13-21-32-27-22-24(19-18-23(27)15-14-20-29)33-26-17-12-11-16-25(26)28(30)31-4-2/h11-12,16-19,22,29H,3-10,13-15,20-21H2,1-2H3. The van der Waals surface area contributed by atoms with Crippen molar-refractivity contribution in [1.29, 1.82) is 0 Å². The lowest BCUT2D eigenvalue weighted by Crippen LogP contribution is -2.06. The van der Waals surface area contributed by atoms with Gasteiger partial charge in [-0.25, -0.2) is 4.79 Å². The van der Waals surface area contributed by atoms with Gasteiger partial charge in [-0.3, -0.25) is 0 Å². The van der Waals surface area contributed by atoms with Crippen LogP contribution < -0.4 is 9.47 Å². The van der Waals surface area contributed by atoms with Crippen molar-refractivity contribution in [3.05, 3.63) is 53.6 Å². The van der Waals surface area contributed by atoms with Gasteiger partial charge in [0.15, 0.2) is 0 Å². The molecule has 2 aromatic rings. The van der Waals surface area contributed by atoms with Crippen molar-refractivity contribution in [2.45, 2.75) is 78.1 Å². The van der Waals surface area contributed by atoms with Crippen LogP contribution >= 0.6 is 0 Å². The fourth-order valence-corrected chi connectivity index (χ4v) is 3.69. The lowest BCUT2D eigenvalue weighted by molar-refractivity contribution is 0.0523. The van der Waals surface area contributed by atoms with Crippen molar-refractivity contribution in [3.8, 4) is 17.2 Å². The first kappa shape index (κ1) is 26.7. The number of rotatable bonds is 17. The van der Waals surface area contributed by atoms with Crippen molar-refractivity contribution in [2.24, 2.45) is 0 Å². The molecule has 1 N–H and O–H groups in total. The summed E-state index contributed by atoms with van der Waals surface area (Å²) in [5.41, 5.74) is 1.44. The Morgan fingerprint density at radius 3 is 2.30 bits per heavy atom. The highest BCUT2D eigenvalue weighted by Crippen LogP contribution is 2.31. The molecule has 0 amide bonds. The summed E-state index contributed by atoms with van der Waals surface area (Å²) in [5, 5.41) is 9.24. The molecule has 0 fully saturated rings. The van der Waals surface area contributed by atoms with E-state index in [9.17, 15) is 9.90 Å². The Balaban J connectivity index is 1.98. The summed E-state index contributed by atoms with van der Waals surface area (Å²) in [4.78, 5) is 12.2. The van der Waals surface area contributed by atoms with Crippen molar-refractivity contribution >= 4 is 5.97 Å². The maximum atomic E-state index is 12.2. The predicted octanol–water partition coefficient (Wildman–Crippen LogP) is 7.10. The Labute approximate surface area is 199 Å². The molecule has 0 spiro atoms. The summed E-state index contributed by atoms with van der Waals surface area (Å²) in [5.74, 6) is 1.43. The molecule has 0 aromatic heterocycles. The molecule has 0 bridgehead atoms. The van der Waals surface area contributed by atoms with Gasteiger partial charge in [0.25, 0.3) is 0 Å². The van der Waals surface area contributed by atoms with Crippen molar-refractivity contribution in [2.75, 3.05) is 19.8 Å². The number of carbonyl (C=O) groups excluding carboxylic acids is 1. The summed E-state index contributed by atoms with van der Waals surface area (Å²) >= 11 is 0. The van der Waals surface area contributed by atoms with Crippen LogP contribution in [0, 0.1) is 0 Å². The molecule has 5 nitrogen and oxygen atoms in total. The SMILES string of the molecule is CCCCCCCCCCOc1cc(Oc2ccccc2C(=O)OCC)ccc1CCCO. The molecule has 0 aliphatic rings. The first-order valence-corrected chi connectivity index (χ1v) is 12.5. The zero-order chi connectivity index (χ0) is 23.7. The summed E-state index contributed by atoms with van der Waals surface area (Å²) in [6.07, 6.45) is 11.4. The van der Waals surface area contributed by atoms with Crippen LogP contribution in [-0.2, 0) is 11.2 Å². The number of aliphatic hydroxyl groups excluding tert-OH is 1. The van der Waals surface area contributed by atoms with Crippen LogP contribution in [0.2, 0.25) is 0 Å². The summed E-state index contributed by atoms with van der Waals surface area (Å²) < 4.78 is 17.3. The van der Waals surface area contributed by atoms with E-state index in [2.05, 4.69) is 6.92 Å². The van der Waals surface area contributed by atoms with Gasteiger partial charge in [0.1, 0.15) is 22.8 Å². The van der Waals surface area contributed by atoms with Crippen molar-refractivity contribution in [3.63, 3.8) is 0 Å². The number of para-hydroxylation sites is 1. The number of ether oxygens (including phenoxy) is 3. The largest absolute Gasteiger partial charge is 0.493 e. The smallest absolute Gasteiger partial charge is 0.341 e. The number of hydrogen-bond donors (Lipinski definition) is 1. The topological polar surface area (TPSA) is 65.0 Å². The van der Waals surface area contributed by atoms with Crippen LogP contribution in [0.1, 0.15) is 87.6 Å². The Bertz CT molecular complexity index is 818. The van der Waals surface area contributed by atoms with Crippen LogP contribution in [0.3, 0.4) is 0 Å². The molecule has 0 atom stereocenters. The van der Waals surface area contributed by atoms with E-state index in [1.165, 1.54) is 44.9 Å². The lowest BCUT2D eigenvalue weighted by atomic mass is 10.1. The Morgan fingerprint density at radius 2 is 1.58 bits per heavy atom. The van der Waals surface area contributed by atoms with Gasteiger partial charge in [0.05, 0.1) is 13.2 Å². The molecule has 0 heterocycles. The van der Waals surface area contributed by atoms with Crippen molar-refractivity contribution < 1.29 is 24.1 Å². The van der Waals surface area contributed by atoms with Gasteiger partial charge in [0, 0.05) is 12.7 Å². The van der Waals surface area contributed by atoms with Crippen LogP contribution in [0.15, 0.2) is 42.5 Å². The highest BCUT2D eigenvalue weighted by molar-refractivity contribution is 5.92. The third kappa shape index (κ3) is 9.87. The number of carbonyl (C=O) groups is 1. The minimum atomic E-state index is -0.404. The molecular weight excluding hydrogens is 416 g/mol. The maximum absolute atomic E-state index is 12.2. The van der Waals surface area contributed by atoms with Crippen molar-refractivity contribution in [1.82, 2.24) is 0 Å². The second-order valence-corrected chi connectivity index (χ2v) is 8.24. The number of aryl methyl sites for hydroxylation is 1. The van der Waals surface area contributed by atoms with E-state index in [0.29, 0.717) is 36.7 Å². The highest BCUT2D eigenvalue weighted by atomic mass is 16.5. The van der Waals surface area contributed by atoms with Crippen LogP contribution in [-0.4, -0.2) is 30.9 Å². The van der Waals surface area contributed by atoms with Gasteiger partial charge in [-0.1, -0.05) is 70.1 Å². The van der Waals surface area contributed by atoms with E-state index in [-0.39, 0.29) is 6.61 Å². The molecule has 2 rings (SSSR count). The van der Waals surface area contributed by atoms with Gasteiger partial charge in [-0.2, -0.15) is 0 Å². The molecule has 0 unspecified atom stereocenters. The average molecular weight is 457 g/mol. The number of esters is 1. The Hall–Kier alpha value is -2.53. The monoisotopic (exact) mass is 456 g/mol. The van der Waals surface area contributed by atoms with E-state index >= 15 is 0 Å². The van der Waals surface area contributed by atoms with Gasteiger partial charge < -0.3 is 19.3 Å². The van der Waals surface area contributed by atoms with Gasteiger partial charge >= 0.3 is 5.97 Å². The average Bonchev–Trinajstić information content (AvgIpc) is 2.83. The minimum absolute atomic E-state index is 0.142. The van der Waals surface area contributed by atoms with E-state index in [4.69, 9.17) is 14.2 Å². The molecule has 182 valence electrons. The second-order valence-electron chi connectivity index (χ2n) is 8.24. The first-order valence-electron chi connectivity index (χ1n) is 12.5. The molecule has 0 radical (unpaired) electrons. The van der Waals surface area contributed by atoms with E-state index in [1.807, 2.05) is 24.3 Å². The normalized spacial score (nSPS) is 10.8. The summed E-state index contributed by atoms with van der Waals surface area (Å²) in [7, 11) is 0. The molecule has 2 aromatic carbocycles. The zero-order valence-corrected chi connectivity index (χ0v) is 20.3. The van der Waals surface area contributed by atoms with Crippen LogP contribution in [0.25, 0.3) is 0 Å². The summed E-state index contributed by atoms with van der Waals surface area (Å²) in [6.45, 7) is 5.13. The molecule has 0 aliphatic heterocycles. The third-order valence-corrected chi connectivity index (χ3v) is 5.51. The van der Waals surface area contributed by atoms with Gasteiger partial charge in [-0.15, -0.1) is 0 Å². The fraction of sp³-hybridized carbons (Fsp3) is 0.536. The first-order chi connectivity index (χ1) is 16.2. The van der Waals surface area contributed by atoms with E-state index < -0.39 is 5.97 Å². The molecule has 5 heteroatoms. The molecule has 33 heavy (non-hydrogen) atoms. The molecule has 0 aliphatic carbocycles. The quantitative estimate of drug-likeness (QED) is 0.203.